The molecule has 1 saturated heterocycles. The summed E-state index contributed by atoms with van der Waals surface area (Å²) in [6.07, 6.45) is -0.681. The van der Waals surface area contributed by atoms with Crippen LogP contribution in [0.15, 0.2) is 0 Å². The molecular weight excluding hydrogens is 180 g/mol. The van der Waals surface area contributed by atoms with E-state index >= 15 is 0 Å². The van der Waals surface area contributed by atoms with Crippen molar-refractivity contribution >= 4 is 0 Å². The summed E-state index contributed by atoms with van der Waals surface area (Å²) in [7, 11) is 0. The molecule has 1 rings (SSSR count). The summed E-state index contributed by atoms with van der Waals surface area (Å²) >= 11 is 0. The van der Waals surface area contributed by atoms with Gasteiger partial charge in [-0.2, -0.15) is 0 Å². The fourth-order valence-electron chi connectivity index (χ4n) is 0.551. The maximum Gasteiger partial charge on any atom is 1.00 e. The molecule has 1 aliphatic heterocycles. The molecule has 2 unspecified atom stereocenters. The van der Waals surface area contributed by atoms with E-state index in [2.05, 4.69) is 0 Å². The minimum absolute atomic E-state index is 0. The second-order valence-corrected chi connectivity index (χ2v) is 1.74. The number of hydrogen-bond acceptors (Lipinski definition) is 3. The van der Waals surface area contributed by atoms with Gasteiger partial charge in [0.05, 0.1) is 6.61 Å². The minimum Gasteiger partial charge on any atom is -0.849 e. The van der Waals surface area contributed by atoms with E-state index in [1.54, 1.807) is 0 Å². The van der Waals surface area contributed by atoms with E-state index in [1.165, 1.54) is 0 Å². The van der Waals surface area contributed by atoms with Crippen molar-refractivity contribution in [2.75, 3.05) is 13.2 Å². The van der Waals surface area contributed by atoms with Crippen LogP contribution in [0.3, 0.4) is 0 Å². The molecule has 0 radical (unpaired) electrons. The maximum absolute atomic E-state index is 10.4. The van der Waals surface area contributed by atoms with Crippen molar-refractivity contribution in [3.05, 3.63) is 0 Å². The van der Waals surface area contributed by atoms with Gasteiger partial charge in [-0.1, -0.05) is 6.10 Å². The molecule has 1 heterocycles. The van der Waals surface area contributed by atoms with Crippen LogP contribution < -0.4 is 69.0 Å². The third kappa shape index (κ3) is 2.52. The fraction of sp³-hybridized carbons (Fsp3) is 1.00. The summed E-state index contributed by atoms with van der Waals surface area (Å²) in [5.41, 5.74) is 5.24. The Morgan fingerprint density at radius 2 is 2.12 bits per heavy atom. The molecule has 0 spiro atoms. The Kier molecular flexibility index (Phi) is 5.44. The second-order valence-electron chi connectivity index (χ2n) is 1.74. The Bertz CT molecular complexity index is 63.1. The molecule has 0 aromatic rings. The summed E-state index contributed by atoms with van der Waals surface area (Å²) in [6, 6.07) is -0.264. The Morgan fingerprint density at radius 3 is 2.25 bits per heavy atom. The van der Waals surface area contributed by atoms with Gasteiger partial charge >= 0.3 is 58.2 Å². The summed E-state index contributed by atoms with van der Waals surface area (Å²) in [6.45, 7) is 0.731. The van der Waals surface area contributed by atoms with Gasteiger partial charge in [0.2, 0.25) is 0 Å². The van der Waals surface area contributed by atoms with Gasteiger partial charge in [0.1, 0.15) is 0 Å². The first-order valence-corrected chi connectivity index (χ1v) is 2.30. The van der Waals surface area contributed by atoms with Crippen LogP contribution in [0, 0.1) is 0 Å². The molecule has 0 bridgehead atoms. The SMILES string of the molecule is NC1COCC1[O-].[Rb+]. The molecule has 0 aromatic heterocycles. The average molecular weight is 188 g/mol. The van der Waals surface area contributed by atoms with Gasteiger partial charge in [-0.05, 0) is 0 Å². The van der Waals surface area contributed by atoms with Gasteiger partial charge in [0.15, 0.2) is 0 Å². The van der Waals surface area contributed by atoms with Crippen LogP contribution in [0.1, 0.15) is 0 Å². The average Bonchev–Trinajstić information content (AvgIpc) is 1.91. The molecule has 42 valence electrons. The van der Waals surface area contributed by atoms with Crippen LogP contribution in [0.4, 0.5) is 0 Å². The maximum atomic E-state index is 10.4. The van der Waals surface area contributed by atoms with Crippen LogP contribution in [-0.2, 0) is 4.74 Å². The van der Waals surface area contributed by atoms with Gasteiger partial charge in [-0.15, -0.1) is 0 Å². The van der Waals surface area contributed by atoms with E-state index in [1.807, 2.05) is 0 Å². The Hall–Kier alpha value is 1.69. The molecule has 0 aromatic carbocycles. The molecule has 4 heteroatoms. The quantitative estimate of drug-likeness (QED) is 0.414. The molecule has 0 aliphatic carbocycles. The number of ether oxygens (including phenoxy) is 1. The third-order valence-electron chi connectivity index (χ3n) is 1.07. The van der Waals surface area contributed by atoms with Crippen molar-refractivity contribution in [1.29, 1.82) is 0 Å². The molecule has 0 amide bonds. The van der Waals surface area contributed by atoms with E-state index < -0.39 is 6.10 Å². The van der Waals surface area contributed by atoms with Crippen molar-refractivity contribution in [3.8, 4) is 0 Å². The van der Waals surface area contributed by atoms with E-state index in [9.17, 15) is 5.11 Å². The van der Waals surface area contributed by atoms with Crippen molar-refractivity contribution in [2.24, 2.45) is 5.73 Å². The Morgan fingerprint density at radius 1 is 1.50 bits per heavy atom. The largest absolute Gasteiger partial charge is 1.00 e. The molecule has 0 saturated carbocycles. The molecule has 1 fully saturated rings. The zero-order valence-corrected chi connectivity index (χ0v) is 9.88. The predicted octanol–water partition coefficient (Wildman–Crippen LogP) is -4.92. The second kappa shape index (κ2) is 4.49. The van der Waals surface area contributed by atoms with Crippen LogP contribution in [-0.4, -0.2) is 25.4 Å². The van der Waals surface area contributed by atoms with E-state index in [-0.39, 0.29) is 64.2 Å². The van der Waals surface area contributed by atoms with Gasteiger partial charge in [-0.3, -0.25) is 0 Å². The first-order valence-electron chi connectivity index (χ1n) is 2.30. The molecule has 1 aliphatic rings. The minimum atomic E-state index is -0.681. The fourth-order valence-corrected chi connectivity index (χ4v) is 0.551. The molecule has 8 heavy (non-hydrogen) atoms. The standard InChI is InChI=1S/C4H8NO2.Rb/c5-3-1-7-2-4(3)6;/h3-4H,1-2,5H2;/q-1;+1. The molecule has 2 N–H and O–H groups in total. The van der Waals surface area contributed by atoms with Crippen molar-refractivity contribution in [1.82, 2.24) is 0 Å². The normalized spacial score (nSPS) is 36.8. The number of nitrogens with two attached hydrogens (primary N) is 1. The van der Waals surface area contributed by atoms with Crippen molar-refractivity contribution in [3.63, 3.8) is 0 Å². The zero-order valence-electron chi connectivity index (χ0n) is 4.96. The first kappa shape index (κ1) is 9.69. The van der Waals surface area contributed by atoms with Crippen molar-refractivity contribution in [2.45, 2.75) is 12.1 Å². The summed E-state index contributed by atoms with van der Waals surface area (Å²) in [5.74, 6) is 0. The topological polar surface area (TPSA) is 58.3 Å². The molecule has 3 nitrogen and oxygen atoms in total. The van der Waals surface area contributed by atoms with Crippen LogP contribution in [0.25, 0.3) is 0 Å². The third-order valence-corrected chi connectivity index (χ3v) is 1.07. The summed E-state index contributed by atoms with van der Waals surface area (Å²) < 4.78 is 4.73. The van der Waals surface area contributed by atoms with E-state index in [0.29, 0.717) is 13.2 Å². The summed E-state index contributed by atoms with van der Waals surface area (Å²) in [4.78, 5) is 0. The first-order chi connectivity index (χ1) is 3.30. The van der Waals surface area contributed by atoms with E-state index in [4.69, 9.17) is 10.5 Å². The number of rotatable bonds is 0. The predicted molar refractivity (Wildman–Crippen MR) is 22.6 cm³/mol. The zero-order chi connectivity index (χ0) is 5.28. The van der Waals surface area contributed by atoms with Gasteiger partial charge in [-0.25, -0.2) is 0 Å². The van der Waals surface area contributed by atoms with Gasteiger partial charge in [0, 0.05) is 12.6 Å². The van der Waals surface area contributed by atoms with Gasteiger partial charge in [0.25, 0.3) is 0 Å². The summed E-state index contributed by atoms with van der Waals surface area (Å²) in [5, 5.41) is 10.4. The van der Waals surface area contributed by atoms with Crippen molar-refractivity contribution < 1.29 is 68.0 Å². The van der Waals surface area contributed by atoms with Gasteiger partial charge < -0.3 is 15.6 Å². The van der Waals surface area contributed by atoms with Crippen LogP contribution in [0.2, 0.25) is 0 Å². The van der Waals surface area contributed by atoms with Crippen LogP contribution in [0.5, 0.6) is 0 Å². The number of hydrogen-bond donors (Lipinski definition) is 1. The molecule has 2 atom stereocenters. The Balaban J connectivity index is 0.000000490. The Labute approximate surface area is 97.4 Å². The van der Waals surface area contributed by atoms with Crippen LogP contribution >= 0.6 is 0 Å². The van der Waals surface area contributed by atoms with E-state index in [0.717, 1.165) is 0 Å². The molecular formula is C4H8NO2Rb. The monoisotopic (exact) mass is 187 g/mol. The smallest absolute Gasteiger partial charge is 0.849 e.